The van der Waals surface area contributed by atoms with Crippen LogP contribution in [0.1, 0.15) is 0 Å². The molecule has 0 aromatic rings. The molecule has 0 heterocycles. The molecule has 8 heteroatoms. The van der Waals surface area contributed by atoms with E-state index in [1.807, 2.05) is 0 Å². The molecule has 0 aliphatic carbocycles. The molecule has 15 heavy (non-hydrogen) atoms. The summed E-state index contributed by atoms with van der Waals surface area (Å²) in [5.74, 6) is 0. The van der Waals surface area contributed by atoms with E-state index in [1.54, 1.807) is 0 Å². The first-order valence-electron chi connectivity index (χ1n) is 4.30. The SMILES string of the molecule is COC[C@@H](COP(=O)(O)OC)OCCO. The van der Waals surface area contributed by atoms with Gasteiger partial charge in [-0.15, -0.1) is 0 Å². The van der Waals surface area contributed by atoms with E-state index in [4.69, 9.17) is 19.5 Å². The highest BCUT2D eigenvalue weighted by Crippen LogP contribution is 2.41. The minimum atomic E-state index is -3.98. The van der Waals surface area contributed by atoms with Crippen LogP contribution in [0.4, 0.5) is 0 Å². The van der Waals surface area contributed by atoms with E-state index in [-0.39, 0.29) is 26.4 Å². The Balaban J connectivity index is 3.89. The summed E-state index contributed by atoms with van der Waals surface area (Å²) in [4.78, 5) is 8.93. The van der Waals surface area contributed by atoms with Crippen molar-refractivity contribution in [1.29, 1.82) is 0 Å². The van der Waals surface area contributed by atoms with Crippen LogP contribution < -0.4 is 0 Å². The van der Waals surface area contributed by atoms with Gasteiger partial charge < -0.3 is 19.5 Å². The van der Waals surface area contributed by atoms with Crippen molar-refractivity contribution in [1.82, 2.24) is 0 Å². The van der Waals surface area contributed by atoms with Gasteiger partial charge in [-0.3, -0.25) is 9.05 Å². The highest BCUT2D eigenvalue weighted by Gasteiger charge is 2.21. The number of hydrogen-bond acceptors (Lipinski definition) is 6. The van der Waals surface area contributed by atoms with Crippen LogP contribution >= 0.6 is 7.82 Å². The van der Waals surface area contributed by atoms with Crippen LogP contribution in [0.3, 0.4) is 0 Å². The molecule has 0 saturated carbocycles. The largest absolute Gasteiger partial charge is 0.472 e. The quantitative estimate of drug-likeness (QED) is 0.541. The highest BCUT2D eigenvalue weighted by atomic mass is 31.2. The van der Waals surface area contributed by atoms with Gasteiger partial charge in [-0.05, 0) is 0 Å². The van der Waals surface area contributed by atoms with Crippen molar-refractivity contribution in [3.05, 3.63) is 0 Å². The van der Waals surface area contributed by atoms with Crippen LogP contribution in [0.15, 0.2) is 0 Å². The lowest BCUT2D eigenvalue weighted by molar-refractivity contribution is -0.0411. The van der Waals surface area contributed by atoms with Gasteiger partial charge in [0.2, 0.25) is 0 Å². The van der Waals surface area contributed by atoms with E-state index in [0.717, 1.165) is 7.11 Å². The maximum absolute atomic E-state index is 10.9. The number of phosphoric ester groups is 1. The third kappa shape index (κ3) is 7.87. The van der Waals surface area contributed by atoms with Gasteiger partial charge in [0.15, 0.2) is 0 Å². The molecule has 7 nitrogen and oxygen atoms in total. The average Bonchev–Trinajstić information content (AvgIpc) is 2.22. The smallest absolute Gasteiger partial charge is 0.394 e. The van der Waals surface area contributed by atoms with Crippen LogP contribution in [-0.4, -0.2) is 56.8 Å². The number of ether oxygens (including phenoxy) is 2. The van der Waals surface area contributed by atoms with Crippen molar-refractivity contribution in [2.75, 3.05) is 40.6 Å². The molecule has 92 valence electrons. The standard InChI is InChI=1S/C7H17O7P/c1-11-5-7(13-4-3-8)6-14-15(9,10)12-2/h7-8H,3-6H2,1-2H3,(H,9,10)/t7-/m0/s1. The van der Waals surface area contributed by atoms with E-state index in [0.29, 0.717) is 0 Å². The molecule has 0 bridgehead atoms. The van der Waals surface area contributed by atoms with Gasteiger partial charge in [-0.25, -0.2) is 4.57 Å². The van der Waals surface area contributed by atoms with Crippen LogP contribution in [0.25, 0.3) is 0 Å². The second-order valence-corrected chi connectivity index (χ2v) is 4.18. The zero-order valence-corrected chi connectivity index (χ0v) is 9.68. The molecule has 0 amide bonds. The Hall–Kier alpha value is -0.0100. The zero-order valence-electron chi connectivity index (χ0n) is 8.79. The minimum absolute atomic E-state index is 0.111. The van der Waals surface area contributed by atoms with E-state index in [1.165, 1.54) is 7.11 Å². The van der Waals surface area contributed by atoms with Crippen molar-refractivity contribution >= 4 is 7.82 Å². The third-order valence-electron chi connectivity index (χ3n) is 1.45. The fourth-order valence-corrected chi connectivity index (χ4v) is 1.24. The van der Waals surface area contributed by atoms with Crippen molar-refractivity contribution < 1.29 is 33.1 Å². The Morgan fingerprint density at radius 2 is 2.00 bits per heavy atom. The predicted molar refractivity (Wildman–Crippen MR) is 51.5 cm³/mol. The highest BCUT2D eigenvalue weighted by molar-refractivity contribution is 7.47. The van der Waals surface area contributed by atoms with E-state index < -0.39 is 13.9 Å². The number of aliphatic hydroxyl groups is 1. The lowest BCUT2D eigenvalue weighted by atomic mass is 10.4. The Bertz CT molecular complexity index is 198. The summed E-state index contributed by atoms with van der Waals surface area (Å²) >= 11 is 0. The van der Waals surface area contributed by atoms with Crippen LogP contribution in [0.5, 0.6) is 0 Å². The molecular weight excluding hydrogens is 227 g/mol. The monoisotopic (exact) mass is 244 g/mol. The number of hydrogen-bond donors (Lipinski definition) is 2. The zero-order chi connectivity index (χ0) is 11.7. The van der Waals surface area contributed by atoms with Gasteiger partial charge in [0.1, 0.15) is 6.10 Å². The molecule has 0 fully saturated rings. The molecule has 0 spiro atoms. The number of phosphoric acid groups is 1. The Morgan fingerprint density at radius 3 is 2.47 bits per heavy atom. The lowest BCUT2D eigenvalue weighted by Crippen LogP contribution is -2.26. The van der Waals surface area contributed by atoms with Crippen LogP contribution in [0.2, 0.25) is 0 Å². The van der Waals surface area contributed by atoms with Crippen molar-refractivity contribution in [2.24, 2.45) is 0 Å². The molecular formula is C7H17O7P. The Kier molecular flexibility index (Phi) is 8.17. The number of rotatable bonds is 9. The first-order chi connectivity index (χ1) is 7.05. The first kappa shape index (κ1) is 15.0. The molecule has 0 aromatic heterocycles. The summed E-state index contributed by atoms with van der Waals surface area (Å²) in [5, 5.41) is 8.52. The summed E-state index contributed by atoms with van der Waals surface area (Å²) in [5.41, 5.74) is 0. The molecule has 0 rings (SSSR count). The average molecular weight is 244 g/mol. The summed E-state index contributed by atoms with van der Waals surface area (Å²) in [6.07, 6.45) is -0.516. The van der Waals surface area contributed by atoms with Gasteiger partial charge in [0.25, 0.3) is 0 Å². The predicted octanol–water partition coefficient (Wildman–Crippen LogP) is -0.226. The van der Waals surface area contributed by atoms with Crippen LogP contribution in [-0.2, 0) is 23.1 Å². The molecule has 0 aliphatic rings. The minimum Gasteiger partial charge on any atom is -0.394 e. The molecule has 0 radical (unpaired) electrons. The van der Waals surface area contributed by atoms with Gasteiger partial charge in [0, 0.05) is 14.2 Å². The third-order valence-corrected chi connectivity index (χ3v) is 2.39. The van der Waals surface area contributed by atoms with E-state index in [9.17, 15) is 4.57 Å². The van der Waals surface area contributed by atoms with Crippen molar-refractivity contribution in [3.8, 4) is 0 Å². The molecule has 0 aliphatic heterocycles. The fourth-order valence-electron chi connectivity index (χ4n) is 0.780. The number of aliphatic hydroxyl groups excluding tert-OH is 1. The normalized spacial score (nSPS) is 17.3. The van der Waals surface area contributed by atoms with Crippen LogP contribution in [0, 0.1) is 0 Å². The summed E-state index contributed by atoms with van der Waals surface area (Å²) in [7, 11) is -1.45. The lowest BCUT2D eigenvalue weighted by Gasteiger charge is -2.17. The van der Waals surface area contributed by atoms with Crippen molar-refractivity contribution in [3.63, 3.8) is 0 Å². The molecule has 1 unspecified atom stereocenters. The topological polar surface area (TPSA) is 94.5 Å². The maximum Gasteiger partial charge on any atom is 0.472 e. The Labute approximate surface area is 88.5 Å². The molecule has 0 aromatic carbocycles. The van der Waals surface area contributed by atoms with Gasteiger partial charge in [-0.2, -0.15) is 0 Å². The maximum atomic E-state index is 10.9. The summed E-state index contributed by atoms with van der Waals surface area (Å²) in [6.45, 7) is 0.0283. The summed E-state index contributed by atoms with van der Waals surface area (Å²) in [6, 6.07) is 0. The van der Waals surface area contributed by atoms with E-state index >= 15 is 0 Å². The Morgan fingerprint density at radius 1 is 1.33 bits per heavy atom. The van der Waals surface area contributed by atoms with Gasteiger partial charge in [-0.1, -0.05) is 0 Å². The molecule has 2 atom stereocenters. The van der Waals surface area contributed by atoms with Gasteiger partial charge >= 0.3 is 7.82 Å². The fraction of sp³-hybridized carbons (Fsp3) is 1.00. The second-order valence-electron chi connectivity index (χ2n) is 2.62. The first-order valence-corrected chi connectivity index (χ1v) is 5.79. The van der Waals surface area contributed by atoms with E-state index in [2.05, 4.69) is 9.05 Å². The molecule has 2 N–H and O–H groups in total. The number of methoxy groups -OCH3 is 1. The van der Waals surface area contributed by atoms with Gasteiger partial charge in [0.05, 0.1) is 26.4 Å². The second kappa shape index (κ2) is 8.18. The van der Waals surface area contributed by atoms with Crippen molar-refractivity contribution in [2.45, 2.75) is 6.10 Å². The molecule has 0 saturated heterocycles. The summed E-state index contributed by atoms with van der Waals surface area (Å²) < 4.78 is 29.6.